The second-order valence-electron chi connectivity index (χ2n) is 7.15. The first-order valence-corrected chi connectivity index (χ1v) is 11.6. The SMILES string of the molecule is CCN(c1ccccc1)S(=O)(=O)c1ccc(NC(CO)Cc2ccccc2)c([N+](=O)[O-])c1. The molecule has 0 radical (unpaired) electrons. The van der Waals surface area contributed by atoms with Gasteiger partial charge < -0.3 is 10.4 Å². The summed E-state index contributed by atoms with van der Waals surface area (Å²) in [5, 5.41) is 24.5. The van der Waals surface area contributed by atoms with Crippen molar-refractivity contribution in [3.63, 3.8) is 0 Å². The first-order valence-electron chi connectivity index (χ1n) is 10.1. The van der Waals surface area contributed by atoms with Crippen LogP contribution >= 0.6 is 0 Å². The summed E-state index contributed by atoms with van der Waals surface area (Å²) in [5.41, 5.74) is 1.21. The first-order chi connectivity index (χ1) is 15.4. The Bertz CT molecular complexity index is 1150. The number of anilines is 2. The lowest BCUT2D eigenvalue weighted by molar-refractivity contribution is -0.384. The fourth-order valence-electron chi connectivity index (χ4n) is 3.44. The van der Waals surface area contributed by atoms with E-state index >= 15 is 0 Å². The van der Waals surface area contributed by atoms with Gasteiger partial charge in [0.2, 0.25) is 0 Å². The molecule has 8 nitrogen and oxygen atoms in total. The van der Waals surface area contributed by atoms with Gasteiger partial charge in [-0.25, -0.2) is 8.42 Å². The molecular weight excluding hydrogens is 430 g/mol. The summed E-state index contributed by atoms with van der Waals surface area (Å²) in [6.45, 7) is 1.62. The van der Waals surface area contributed by atoms with E-state index in [0.717, 1.165) is 11.6 Å². The summed E-state index contributed by atoms with van der Waals surface area (Å²) in [6.07, 6.45) is 0.451. The lowest BCUT2D eigenvalue weighted by Gasteiger charge is -2.23. The summed E-state index contributed by atoms with van der Waals surface area (Å²) in [7, 11) is -4.01. The maximum atomic E-state index is 13.2. The highest BCUT2D eigenvalue weighted by molar-refractivity contribution is 7.92. The summed E-state index contributed by atoms with van der Waals surface area (Å²) >= 11 is 0. The Hall–Kier alpha value is -3.43. The second kappa shape index (κ2) is 10.3. The van der Waals surface area contributed by atoms with Crippen LogP contribution in [0, 0.1) is 10.1 Å². The molecular formula is C23H25N3O5S. The highest BCUT2D eigenvalue weighted by atomic mass is 32.2. The number of nitro groups is 1. The van der Waals surface area contributed by atoms with Crippen molar-refractivity contribution in [1.29, 1.82) is 0 Å². The van der Waals surface area contributed by atoms with Crippen LogP contribution in [0.2, 0.25) is 0 Å². The Kier molecular flexibility index (Phi) is 7.45. The zero-order valence-electron chi connectivity index (χ0n) is 17.6. The molecule has 32 heavy (non-hydrogen) atoms. The molecule has 0 aliphatic heterocycles. The number of hydrogen-bond donors (Lipinski definition) is 2. The Labute approximate surface area is 187 Å². The Balaban J connectivity index is 1.92. The molecule has 1 unspecified atom stereocenters. The summed E-state index contributed by atoms with van der Waals surface area (Å²) in [4.78, 5) is 10.9. The predicted octanol–water partition coefficient (Wildman–Crippen LogP) is 3.83. The summed E-state index contributed by atoms with van der Waals surface area (Å²) < 4.78 is 27.6. The van der Waals surface area contributed by atoms with Gasteiger partial charge in [-0.2, -0.15) is 0 Å². The van der Waals surface area contributed by atoms with Gasteiger partial charge in [0.1, 0.15) is 5.69 Å². The van der Waals surface area contributed by atoms with E-state index in [-0.39, 0.29) is 29.4 Å². The first kappa shape index (κ1) is 23.2. The number of nitrogens with one attached hydrogen (secondary N) is 1. The van der Waals surface area contributed by atoms with Crippen molar-refractivity contribution in [1.82, 2.24) is 0 Å². The van der Waals surface area contributed by atoms with E-state index in [1.807, 2.05) is 30.3 Å². The van der Waals surface area contributed by atoms with Crippen molar-refractivity contribution in [3.05, 3.63) is 94.5 Å². The van der Waals surface area contributed by atoms with E-state index in [4.69, 9.17) is 0 Å². The van der Waals surface area contributed by atoms with Gasteiger partial charge in [-0.05, 0) is 43.2 Å². The number of benzene rings is 3. The molecule has 9 heteroatoms. The van der Waals surface area contributed by atoms with Crippen LogP contribution in [0.5, 0.6) is 0 Å². The molecule has 0 fully saturated rings. The van der Waals surface area contributed by atoms with E-state index in [1.165, 1.54) is 16.4 Å². The highest BCUT2D eigenvalue weighted by Crippen LogP contribution is 2.31. The smallest absolute Gasteiger partial charge is 0.293 e. The van der Waals surface area contributed by atoms with Crippen molar-refractivity contribution < 1.29 is 18.4 Å². The third kappa shape index (κ3) is 5.24. The van der Waals surface area contributed by atoms with E-state index < -0.39 is 21.0 Å². The number of rotatable bonds is 10. The van der Waals surface area contributed by atoms with Crippen LogP contribution in [-0.2, 0) is 16.4 Å². The number of sulfonamides is 1. The predicted molar refractivity (Wildman–Crippen MR) is 124 cm³/mol. The summed E-state index contributed by atoms with van der Waals surface area (Å²) in [5.74, 6) is 0. The molecule has 2 N–H and O–H groups in total. The van der Waals surface area contributed by atoms with Gasteiger partial charge in [-0.1, -0.05) is 48.5 Å². The molecule has 168 valence electrons. The second-order valence-corrected chi connectivity index (χ2v) is 9.02. The molecule has 0 bridgehead atoms. The van der Waals surface area contributed by atoms with Crippen LogP contribution in [0.4, 0.5) is 17.1 Å². The molecule has 0 spiro atoms. The van der Waals surface area contributed by atoms with Gasteiger partial charge in [0.05, 0.1) is 28.2 Å². The largest absolute Gasteiger partial charge is 0.394 e. The monoisotopic (exact) mass is 455 g/mol. The maximum absolute atomic E-state index is 13.2. The normalized spacial score (nSPS) is 12.2. The van der Waals surface area contributed by atoms with Gasteiger partial charge in [0.25, 0.3) is 15.7 Å². The summed E-state index contributed by atoms with van der Waals surface area (Å²) in [6, 6.07) is 21.3. The molecule has 3 aromatic carbocycles. The number of nitro benzene ring substituents is 1. The van der Waals surface area contributed by atoms with Crippen LogP contribution in [0.1, 0.15) is 12.5 Å². The lowest BCUT2D eigenvalue weighted by Crippen LogP contribution is -2.31. The van der Waals surface area contributed by atoms with Crippen LogP contribution in [0.3, 0.4) is 0 Å². The van der Waals surface area contributed by atoms with Crippen LogP contribution in [0.25, 0.3) is 0 Å². The average molecular weight is 456 g/mol. The third-order valence-electron chi connectivity index (χ3n) is 4.99. The Morgan fingerprint density at radius 1 is 1.03 bits per heavy atom. The van der Waals surface area contributed by atoms with E-state index in [2.05, 4.69) is 5.32 Å². The zero-order valence-corrected chi connectivity index (χ0v) is 18.4. The molecule has 0 aliphatic carbocycles. The maximum Gasteiger partial charge on any atom is 0.293 e. The number of aliphatic hydroxyl groups is 1. The molecule has 0 heterocycles. The number of nitrogens with zero attached hydrogens (tertiary/aromatic N) is 2. The van der Waals surface area contributed by atoms with E-state index in [0.29, 0.717) is 12.1 Å². The van der Waals surface area contributed by atoms with Crippen molar-refractivity contribution in [3.8, 4) is 0 Å². The average Bonchev–Trinajstić information content (AvgIpc) is 2.80. The Morgan fingerprint density at radius 2 is 1.66 bits per heavy atom. The molecule has 0 aromatic heterocycles. The van der Waals surface area contributed by atoms with Gasteiger partial charge >= 0.3 is 0 Å². The van der Waals surface area contributed by atoms with E-state index in [9.17, 15) is 23.6 Å². The number of hydrogen-bond acceptors (Lipinski definition) is 6. The van der Waals surface area contributed by atoms with Crippen molar-refractivity contribution >= 4 is 27.1 Å². The minimum atomic E-state index is -4.01. The molecule has 0 amide bonds. The van der Waals surface area contributed by atoms with Crippen LogP contribution < -0.4 is 9.62 Å². The quantitative estimate of drug-likeness (QED) is 0.355. The number of para-hydroxylation sites is 1. The standard InChI is InChI=1S/C23H25N3O5S/c1-2-25(20-11-7-4-8-12-20)32(30,31)21-13-14-22(23(16-21)26(28)29)24-19(17-27)15-18-9-5-3-6-10-18/h3-14,16,19,24,27H,2,15,17H2,1H3. The topological polar surface area (TPSA) is 113 Å². The molecule has 3 aromatic rings. The minimum Gasteiger partial charge on any atom is -0.394 e. The van der Waals surface area contributed by atoms with Crippen LogP contribution in [0.15, 0.2) is 83.8 Å². The van der Waals surface area contributed by atoms with Gasteiger partial charge in [-0.15, -0.1) is 0 Å². The highest BCUT2D eigenvalue weighted by Gasteiger charge is 2.27. The fraction of sp³-hybridized carbons (Fsp3) is 0.217. The van der Waals surface area contributed by atoms with E-state index in [1.54, 1.807) is 37.3 Å². The van der Waals surface area contributed by atoms with Gasteiger partial charge in [0.15, 0.2) is 0 Å². The Morgan fingerprint density at radius 3 is 2.22 bits per heavy atom. The lowest BCUT2D eigenvalue weighted by atomic mass is 10.1. The molecule has 0 saturated heterocycles. The van der Waals surface area contributed by atoms with Gasteiger partial charge in [-0.3, -0.25) is 14.4 Å². The zero-order chi connectivity index (χ0) is 23.1. The molecule has 3 rings (SSSR count). The number of aliphatic hydroxyl groups excluding tert-OH is 1. The third-order valence-corrected chi connectivity index (χ3v) is 6.89. The molecule has 0 aliphatic rings. The molecule has 1 atom stereocenters. The molecule has 0 saturated carbocycles. The fourth-order valence-corrected chi connectivity index (χ4v) is 4.93. The van der Waals surface area contributed by atoms with Crippen LogP contribution in [-0.4, -0.2) is 37.6 Å². The van der Waals surface area contributed by atoms with Gasteiger partial charge in [0, 0.05) is 12.6 Å². The van der Waals surface area contributed by atoms with Crippen molar-refractivity contribution in [2.24, 2.45) is 0 Å². The van der Waals surface area contributed by atoms with Crippen molar-refractivity contribution in [2.45, 2.75) is 24.3 Å². The van der Waals surface area contributed by atoms with Crippen molar-refractivity contribution in [2.75, 3.05) is 22.8 Å². The minimum absolute atomic E-state index is 0.145.